The molecule has 0 radical (unpaired) electrons. The molecule has 1 aromatic carbocycles. The lowest BCUT2D eigenvalue weighted by Gasteiger charge is -2.25. The Kier molecular flexibility index (Phi) is 3.71. The van der Waals surface area contributed by atoms with Gasteiger partial charge in [-0.2, -0.15) is 16.8 Å². The van der Waals surface area contributed by atoms with Crippen molar-refractivity contribution in [2.24, 2.45) is 5.84 Å². The Morgan fingerprint density at radius 1 is 0.941 bits per heavy atom. The third kappa shape index (κ3) is 3.36. The average molecular weight is 283 g/mol. The molecule has 9 nitrogen and oxygen atoms in total. The number of hydrogen-bond donors (Lipinski definition) is 3. The van der Waals surface area contributed by atoms with Crippen LogP contribution in [0.25, 0.3) is 0 Å². The van der Waals surface area contributed by atoms with E-state index in [0.717, 1.165) is 0 Å². The van der Waals surface area contributed by atoms with E-state index >= 15 is 0 Å². The molecule has 0 atom stereocenters. The van der Waals surface area contributed by atoms with E-state index in [0.29, 0.717) is 0 Å². The summed E-state index contributed by atoms with van der Waals surface area (Å²) in [5.74, 6) is 4.90. The van der Waals surface area contributed by atoms with Crippen molar-refractivity contribution in [2.45, 2.75) is 0 Å². The first kappa shape index (κ1) is 13.8. The predicted octanol–water partition coefficient (Wildman–Crippen LogP) is -0.811. The minimum absolute atomic E-state index is 0.178. The van der Waals surface area contributed by atoms with Crippen LogP contribution in [0.1, 0.15) is 0 Å². The van der Waals surface area contributed by atoms with Gasteiger partial charge in [0, 0.05) is 0 Å². The molecule has 0 heterocycles. The molecule has 0 bridgehead atoms. The van der Waals surface area contributed by atoms with Crippen molar-refractivity contribution in [2.75, 3.05) is 4.41 Å². The number of nitrogens with two attached hydrogens (primary N) is 1. The number of hydrogen-bond acceptors (Lipinski definition) is 5. The van der Waals surface area contributed by atoms with E-state index in [1.54, 1.807) is 0 Å². The second-order valence-electron chi connectivity index (χ2n) is 2.81. The number of rotatable bonds is 4. The van der Waals surface area contributed by atoms with Crippen molar-refractivity contribution < 1.29 is 25.9 Å². The van der Waals surface area contributed by atoms with E-state index in [9.17, 15) is 16.8 Å². The van der Waals surface area contributed by atoms with Crippen molar-refractivity contribution in [1.29, 1.82) is 0 Å². The Bertz CT molecular complexity index is 583. The smallest absolute Gasteiger partial charge is 0.271 e. The van der Waals surface area contributed by atoms with Crippen LogP contribution in [0.5, 0.6) is 0 Å². The molecule has 0 amide bonds. The van der Waals surface area contributed by atoms with Crippen LogP contribution in [0.4, 0.5) is 5.69 Å². The van der Waals surface area contributed by atoms with Gasteiger partial charge >= 0.3 is 20.6 Å². The highest BCUT2D eigenvalue weighted by atomic mass is 32.2. The third-order valence-corrected chi connectivity index (χ3v) is 3.17. The molecule has 0 aliphatic heterocycles. The Hall–Kier alpha value is -1.24. The zero-order valence-corrected chi connectivity index (χ0v) is 9.84. The normalized spacial score (nSPS) is 12.7. The van der Waals surface area contributed by atoms with E-state index in [1.807, 2.05) is 0 Å². The predicted molar refractivity (Wildman–Crippen MR) is 58.0 cm³/mol. The zero-order chi connectivity index (χ0) is 13.3. The topological polar surface area (TPSA) is 141 Å². The second-order valence-corrected chi connectivity index (χ2v) is 5.32. The summed E-state index contributed by atoms with van der Waals surface area (Å²) in [6.45, 7) is 0. The maximum atomic E-state index is 11.0. The van der Waals surface area contributed by atoms with E-state index in [4.69, 9.17) is 14.9 Å². The quantitative estimate of drug-likeness (QED) is 0.372. The van der Waals surface area contributed by atoms with Gasteiger partial charge in [0.05, 0.1) is 5.69 Å². The summed E-state index contributed by atoms with van der Waals surface area (Å²) in [5, 5.41) is 0. The van der Waals surface area contributed by atoms with Crippen molar-refractivity contribution in [1.82, 2.24) is 4.52 Å². The second kappa shape index (κ2) is 4.56. The molecule has 4 N–H and O–H groups in total. The largest absolute Gasteiger partial charge is 0.375 e. The minimum atomic E-state index is -5.04. The number of nitrogens with zero attached hydrogens (tertiary/aromatic N) is 2. The Balaban J connectivity index is 3.35. The summed E-state index contributed by atoms with van der Waals surface area (Å²) >= 11 is 0. The van der Waals surface area contributed by atoms with Gasteiger partial charge in [-0.15, -0.1) is 4.41 Å². The highest BCUT2D eigenvalue weighted by Gasteiger charge is 2.32. The summed E-state index contributed by atoms with van der Waals surface area (Å²) in [7, 11) is -10.0. The van der Waals surface area contributed by atoms with Crippen LogP contribution in [0.3, 0.4) is 0 Å². The number of anilines is 1. The van der Waals surface area contributed by atoms with Crippen LogP contribution < -0.4 is 10.3 Å². The molecule has 0 spiro atoms. The molecular formula is C6H9N3O6S2. The molecule has 17 heavy (non-hydrogen) atoms. The molecule has 0 saturated carbocycles. The fourth-order valence-corrected chi connectivity index (χ4v) is 2.38. The fraction of sp³-hybridized carbons (Fsp3) is 0. The molecule has 0 saturated heterocycles. The van der Waals surface area contributed by atoms with Gasteiger partial charge in [0.1, 0.15) is 0 Å². The van der Waals surface area contributed by atoms with Gasteiger partial charge in [-0.1, -0.05) is 18.2 Å². The van der Waals surface area contributed by atoms with Crippen LogP contribution in [0.15, 0.2) is 30.3 Å². The molecule has 96 valence electrons. The van der Waals surface area contributed by atoms with Gasteiger partial charge < -0.3 is 0 Å². The van der Waals surface area contributed by atoms with Crippen LogP contribution in [0, 0.1) is 0 Å². The van der Waals surface area contributed by atoms with E-state index < -0.39 is 25.1 Å². The zero-order valence-electron chi connectivity index (χ0n) is 8.20. The van der Waals surface area contributed by atoms with E-state index in [1.165, 1.54) is 30.3 Å². The summed E-state index contributed by atoms with van der Waals surface area (Å²) in [6.07, 6.45) is 0. The summed E-state index contributed by atoms with van der Waals surface area (Å²) < 4.78 is 60.3. The lowest BCUT2D eigenvalue weighted by Crippen LogP contribution is -2.53. The van der Waals surface area contributed by atoms with Gasteiger partial charge in [-0.25, -0.2) is 5.84 Å². The minimum Gasteiger partial charge on any atom is -0.271 e. The average Bonchev–Trinajstić information content (AvgIpc) is 2.15. The number of hydrazine groups is 2. The Morgan fingerprint density at radius 3 is 1.76 bits per heavy atom. The lowest BCUT2D eigenvalue weighted by atomic mass is 10.3. The Labute approximate surface area is 97.8 Å². The number of para-hydroxylation sites is 1. The highest BCUT2D eigenvalue weighted by molar-refractivity contribution is 7.89. The molecule has 0 aliphatic carbocycles. The van der Waals surface area contributed by atoms with Crippen LogP contribution in [-0.2, 0) is 20.6 Å². The molecule has 0 fully saturated rings. The third-order valence-electron chi connectivity index (χ3n) is 1.61. The van der Waals surface area contributed by atoms with Gasteiger partial charge in [-0.3, -0.25) is 9.11 Å². The van der Waals surface area contributed by atoms with Gasteiger partial charge in [-0.05, 0) is 16.7 Å². The molecule has 0 aliphatic rings. The molecular weight excluding hydrogens is 274 g/mol. The van der Waals surface area contributed by atoms with Crippen molar-refractivity contribution in [3.05, 3.63) is 30.3 Å². The molecule has 0 aromatic heterocycles. The monoisotopic (exact) mass is 283 g/mol. The van der Waals surface area contributed by atoms with Gasteiger partial charge in [0.15, 0.2) is 0 Å². The lowest BCUT2D eigenvalue weighted by molar-refractivity contribution is 0.353. The molecule has 1 rings (SSSR count). The fourth-order valence-electron chi connectivity index (χ4n) is 0.998. The van der Waals surface area contributed by atoms with Gasteiger partial charge in [0.25, 0.3) is 0 Å². The summed E-state index contributed by atoms with van der Waals surface area (Å²) in [5.41, 5.74) is -0.268. The van der Waals surface area contributed by atoms with Crippen LogP contribution >= 0.6 is 0 Å². The highest BCUT2D eigenvalue weighted by Crippen LogP contribution is 2.18. The van der Waals surface area contributed by atoms with Crippen molar-refractivity contribution >= 4 is 26.3 Å². The van der Waals surface area contributed by atoms with Crippen LogP contribution in [0.2, 0.25) is 0 Å². The van der Waals surface area contributed by atoms with E-state index in [2.05, 4.69) is 0 Å². The maximum Gasteiger partial charge on any atom is 0.375 e. The first-order valence-electron chi connectivity index (χ1n) is 3.99. The summed E-state index contributed by atoms with van der Waals surface area (Å²) in [6, 6.07) is 6.62. The number of benzene rings is 1. The summed E-state index contributed by atoms with van der Waals surface area (Å²) in [4.78, 5) is 0. The maximum absolute atomic E-state index is 11.0. The SMILES string of the molecule is NN(N(c1ccccc1)S(=O)(=O)O)S(=O)(=O)O. The van der Waals surface area contributed by atoms with E-state index in [-0.39, 0.29) is 10.1 Å². The van der Waals surface area contributed by atoms with Crippen molar-refractivity contribution in [3.63, 3.8) is 0 Å². The first-order chi connectivity index (χ1) is 7.64. The molecule has 0 unspecified atom stereocenters. The first-order valence-corrected chi connectivity index (χ1v) is 6.78. The van der Waals surface area contributed by atoms with Gasteiger partial charge in [0.2, 0.25) is 0 Å². The standard InChI is InChI=1S/C6H9N3O6S2/c7-9(17(13,14)15)8(16(10,11)12)6-4-2-1-3-5-6/h1-5H,7H2,(H,10,11,12)(H,13,14,15). The Morgan fingerprint density at radius 2 is 1.41 bits per heavy atom. The van der Waals surface area contributed by atoms with Crippen LogP contribution in [-0.4, -0.2) is 30.5 Å². The molecule has 11 heteroatoms. The molecule has 1 aromatic rings. The van der Waals surface area contributed by atoms with Crippen molar-refractivity contribution in [3.8, 4) is 0 Å².